The van der Waals surface area contributed by atoms with Gasteiger partial charge in [0.25, 0.3) is 0 Å². The maximum Gasteiger partial charge on any atom is 0.225 e. The Morgan fingerprint density at radius 3 is 2.42 bits per heavy atom. The van der Waals surface area contributed by atoms with Crippen molar-refractivity contribution in [2.75, 3.05) is 30.8 Å². The Labute approximate surface area is 152 Å². The first-order valence-electron chi connectivity index (χ1n) is 8.63. The molecule has 6 nitrogen and oxygen atoms in total. The van der Waals surface area contributed by atoms with E-state index < -0.39 is 15.8 Å². The summed E-state index contributed by atoms with van der Waals surface area (Å²) in [7, 11) is -3.26. The number of nitrogens with zero attached hydrogens (tertiary/aromatic N) is 4. The summed E-state index contributed by atoms with van der Waals surface area (Å²) in [6.07, 6.45) is 5.23. The molecule has 2 aromatic rings. The van der Waals surface area contributed by atoms with Crippen LogP contribution in [0.4, 0.5) is 10.3 Å². The molecule has 3 heterocycles. The molecule has 1 aromatic heterocycles. The zero-order valence-corrected chi connectivity index (χ0v) is 15.4. The molecule has 1 fully saturated rings. The maximum absolute atomic E-state index is 13.1. The summed E-state index contributed by atoms with van der Waals surface area (Å²) in [5.74, 6) is 0.0672. The summed E-state index contributed by atoms with van der Waals surface area (Å²) in [5.41, 5.74) is 2.13. The molecular formula is C18H21FN4O2S. The summed E-state index contributed by atoms with van der Waals surface area (Å²) in [6.45, 7) is 2.34. The third-order valence-electron chi connectivity index (χ3n) is 5.49. The molecule has 0 aliphatic carbocycles. The first-order chi connectivity index (χ1) is 12.4. The topological polar surface area (TPSA) is 66.4 Å². The van der Waals surface area contributed by atoms with Gasteiger partial charge < -0.3 is 4.90 Å². The maximum atomic E-state index is 13.1. The van der Waals surface area contributed by atoms with Crippen LogP contribution in [-0.4, -0.2) is 48.6 Å². The zero-order valence-electron chi connectivity index (χ0n) is 14.6. The molecule has 1 saturated heterocycles. The highest BCUT2D eigenvalue weighted by Gasteiger charge is 2.44. The SMILES string of the molecule is CS(=O)(=O)N1Cc2ccccc2C2(CCN(c3ncc(F)cn3)CC2)C1. The van der Waals surface area contributed by atoms with Gasteiger partial charge in [0.05, 0.1) is 18.6 Å². The van der Waals surface area contributed by atoms with Crippen molar-refractivity contribution in [1.82, 2.24) is 14.3 Å². The quantitative estimate of drug-likeness (QED) is 0.801. The third-order valence-corrected chi connectivity index (χ3v) is 6.69. The van der Waals surface area contributed by atoms with E-state index in [-0.39, 0.29) is 5.41 Å². The number of benzene rings is 1. The fraction of sp³-hybridized carbons (Fsp3) is 0.444. The smallest absolute Gasteiger partial charge is 0.225 e. The molecule has 0 N–H and O–H groups in total. The Morgan fingerprint density at radius 2 is 1.77 bits per heavy atom. The number of hydrogen-bond donors (Lipinski definition) is 0. The van der Waals surface area contributed by atoms with Crippen LogP contribution in [0.15, 0.2) is 36.7 Å². The van der Waals surface area contributed by atoms with Crippen LogP contribution < -0.4 is 4.90 Å². The van der Waals surface area contributed by atoms with Crippen LogP contribution in [0.5, 0.6) is 0 Å². The molecule has 0 bridgehead atoms. The van der Waals surface area contributed by atoms with Gasteiger partial charge in [0, 0.05) is 31.6 Å². The Morgan fingerprint density at radius 1 is 1.12 bits per heavy atom. The number of halogens is 1. The first kappa shape index (κ1) is 17.4. The first-order valence-corrected chi connectivity index (χ1v) is 10.5. The second-order valence-corrected chi connectivity index (χ2v) is 9.14. The lowest BCUT2D eigenvalue weighted by molar-refractivity contribution is 0.226. The lowest BCUT2D eigenvalue weighted by atomic mass is 9.69. The van der Waals surface area contributed by atoms with Gasteiger partial charge in [0.1, 0.15) is 0 Å². The van der Waals surface area contributed by atoms with Crippen molar-refractivity contribution >= 4 is 16.0 Å². The van der Waals surface area contributed by atoms with Gasteiger partial charge in [-0.3, -0.25) is 0 Å². The van der Waals surface area contributed by atoms with Crippen LogP contribution in [0.2, 0.25) is 0 Å². The van der Waals surface area contributed by atoms with E-state index in [9.17, 15) is 12.8 Å². The molecule has 26 heavy (non-hydrogen) atoms. The number of sulfonamides is 1. The number of hydrogen-bond acceptors (Lipinski definition) is 5. The molecule has 0 atom stereocenters. The van der Waals surface area contributed by atoms with Gasteiger partial charge in [0.2, 0.25) is 16.0 Å². The molecule has 1 spiro atoms. The van der Waals surface area contributed by atoms with Crippen LogP contribution in [0.3, 0.4) is 0 Å². The van der Waals surface area contributed by atoms with E-state index in [1.54, 1.807) is 4.31 Å². The van der Waals surface area contributed by atoms with E-state index in [0.29, 0.717) is 32.1 Å². The highest BCUT2D eigenvalue weighted by Crippen LogP contribution is 2.42. The molecule has 2 aliphatic heterocycles. The van der Waals surface area contributed by atoms with Crippen LogP contribution in [0, 0.1) is 5.82 Å². The van der Waals surface area contributed by atoms with Gasteiger partial charge >= 0.3 is 0 Å². The summed E-state index contributed by atoms with van der Waals surface area (Å²) >= 11 is 0. The minimum atomic E-state index is -3.26. The molecular weight excluding hydrogens is 355 g/mol. The molecule has 138 valence electrons. The Bertz CT molecular complexity index is 909. The standard InChI is InChI=1S/C18H21FN4O2S/c1-26(24,25)23-12-14-4-2-3-5-16(14)18(13-23)6-8-22(9-7-18)17-20-10-15(19)11-21-17/h2-5,10-11H,6-9,12-13H2,1H3. The summed E-state index contributed by atoms with van der Waals surface area (Å²) in [5, 5.41) is 0. The Balaban J connectivity index is 1.63. The second-order valence-electron chi connectivity index (χ2n) is 7.16. The zero-order chi connectivity index (χ0) is 18.4. The minimum absolute atomic E-state index is 0.200. The molecule has 2 aliphatic rings. The average molecular weight is 376 g/mol. The van der Waals surface area contributed by atoms with Gasteiger partial charge in [-0.05, 0) is 24.0 Å². The van der Waals surface area contributed by atoms with E-state index in [2.05, 4.69) is 16.0 Å². The van der Waals surface area contributed by atoms with Gasteiger partial charge in [-0.2, -0.15) is 4.31 Å². The Hall–Kier alpha value is -2.06. The summed E-state index contributed by atoms with van der Waals surface area (Å²) in [4.78, 5) is 10.2. The number of anilines is 1. The molecule has 0 saturated carbocycles. The van der Waals surface area contributed by atoms with Crippen molar-refractivity contribution in [3.05, 3.63) is 53.6 Å². The third kappa shape index (κ3) is 3.07. The van der Waals surface area contributed by atoms with Crippen LogP contribution in [0.1, 0.15) is 24.0 Å². The lowest BCUT2D eigenvalue weighted by Crippen LogP contribution is -2.53. The Kier molecular flexibility index (Phi) is 4.19. The van der Waals surface area contributed by atoms with Gasteiger partial charge in [-0.15, -0.1) is 0 Å². The predicted octanol–water partition coefficient (Wildman–Crippen LogP) is 1.93. The predicted molar refractivity (Wildman–Crippen MR) is 96.8 cm³/mol. The summed E-state index contributed by atoms with van der Waals surface area (Å²) in [6, 6.07) is 8.12. The van der Waals surface area contributed by atoms with E-state index in [4.69, 9.17) is 0 Å². The van der Waals surface area contributed by atoms with E-state index in [1.165, 1.54) is 24.2 Å². The van der Waals surface area contributed by atoms with Crippen LogP contribution in [-0.2, 0) is 22.0 Å². The summed E-state index contributed by atoms with van der Waals surface area (Å²) < 4.78 is 39.0. The monoisotopic (exact) mass is 376 g/mol. The van der Waals surface area contributed by atoms with Crippen molar-refractivity contribution in [2.45, 2.75) is 24.8 Å². The average Bonchev–Trinajstić information content (AvgIpc) is 2.62. The molecule has 0 amide bonds. The molecule has 4 rings (SSSR count). The number of rotatable bonds is 2. The van der Waals surface area contributed by atoms with Gasteiger partial charge in [0.15, 0.2) is 5.82 Å². The normalized spacial score (nSPS) is 20.2. The van der Waals surface area contributed by atoms with Crippen molar-refractivity contribution in [2.24, 2.45) is 0 Å². The minimum Gasteiger partial charge on any atom is -0.341 e. The van der Waals surface area contributed by atoms with Crippen LogP contribution >= 0.6 is 0 Å². The van der Waals surface area contributed by atoms with Crippen molar-refractivity contribution in [1.29, 1.82) is 0 Å². The number of piperidine rings is 1. The van der Waals surface area contributed by atoms with Gasteiger partial charge in [-0.25, -0.2) is 22.8 Å². The molecule has 0 unspecified atom stereocenters. The van der Waals surface area contributed by atoms with E-state index >= 15 is 0 Å². The van der Waals surface area contributed by atoms with Crippen molar-refractivity contribution in [3.63, 3.8) is 0 Å². The lowest BCUT2D eigenvalue weighted by Gasteiger charge is -2.48. The molecule has 8 heteroatoms. The largest absolute Gasteiger partial charge is 0.341 e. The van der Waals surface area contributed by atoms with Crippen molar-refractivity contribution in [3.8, 4) is 0 Å². The fourth-order valence-electron chi connectivity index (χ4n) is 4.11. The molecule has 0 radical (unpaired) electrons. The second kappa shape index (κ2) is 6.28. The number of aromatic nitrogens is 2. The molecule has 1 aromatic carbocycles. The van der Waals surface area contributed by atoms with Gasteiger partial charge in [-0.1, -0.05) is 24.3 Å². The van der Waals surface area contributed by atoms with E-state index in [1.807, 2.05) is 23.1 Å². The highest BCUT2D eigenvalue weighted by atomic mass is 32.2. The van der Waals surface area contributed by atoms with E-state index in [0.717, 1.165) is 18.4 Å². The van der Waals surface area contributed by atoms with Crippen LogP contribution in [0.25, 0.3) is 0 Å². The number of fused-ring (bicyclic) bond motifs is 2. The highest BCUT2D eigenvalue weighted by molar-refractivity contribution is 7.88. The van der Waals surface area contributed by atoms with Crippen molar-refractivity contribution < 1.29 is 12.8 Å². The fourth-order valence-corrected chi connectivity index (χ4v) is 4.96.